The molecule has 0 heterocycles. The van der Waals surface area contributed by atoms with Crippen molar-refractivity contribution in [3.05, 3.63) is 72.9 Å². The average Bonchev–Trinajstić information content (AvgIpc) is 3.06. The van der Waals surface area contributed by atoms with Gasteiger partial charge >= 0.3 is 5.97 Å². The molecule has 0 spiro atoms. The molecule has 0 saturated carbocycles. The van der Waals surface area contributed by atoms with Gasteiger partial charge in [-0.2, -0.15) is 0 Å². The smallest absolute Gasteiger partial charge is 0.306 e. The molecule has 0 bridgehead atoms. The van der Waals surface area contributed by atoms with E-state index in [1.165, 1.54) is 77.0 Å². The van der Waals surface area contributed by atoms with Crippen LogP contribution in [-0.2, 0) is 9.53 Å². The summed E-state index contributed by atoms with van der Waals surface area (Å²) in [7, 11) is 1.96. The monoisotopic (exact) mass is 638 g/mol. The van der Waals surface area contributed by atoms with Gasteiger partial charge < -0.3 is 10.1 Å². The van der Waals surface area contributed by atoms with E-state index in [1.807, 2.05) is 7.05 Å². The zero-order valence-corrected chi connectivity index (χ0v) is 30.7. The quantitative estimate of drug-likeness (QED) is 0.0433. The molecule has 0 aliphatic carbocycles. The Labute approximate surface area is 287 Å². The zero-order chi connectivity index (χ0) is 33.4. The first-order valence-electron chi connectivity index (χ1n) is 19.5. The predicted octanol–water partition coefficient (Wildman–Crippen LogP) is 13.2. The van der Waals surface area contributed by atoms with Crippen LogP contribution in [0.5, 0.6) is 0 Å². The lowest BCUT2D eigenvalue weighted by atomic mass is 10.0. The lowest BCUT2D eigenvalue weighted by Gasteiger charge is -2.18. The number of hydrogen-bond donors (Lipinski definition) is 1. The second-order valence-electron chi connectivity index (χ2n) is 12.7. The van der Waals surface area contributed by atoms with Crippen LogP contribution in [-0.4, -0.2) is 25.7 Å². The number of carbonyl (C=O) groups is 1. The first-order valence-corrected chi connectivity index (χ1v) is 19.5. The minimum atomic E-state index is -0.00736. The highest BCUT2D eigenvalue weighted by atomic mass is 16.5. The van der Waals surface area contributed by atoms with Crippen LogP contribution in [0.3, 0.4) is 0 Å². The lowest BCUT2D eigenvalue weighted by molar-refractivity contribution is -0.150. The van der Waals surface area contributed by atoms with Gasteiger partial charge in [0.15, 0.2) is 0 Å². The number of allylic oxidation sites excluding steroid dienone is 12. The van der Waals surface area contributed by atoms with E-state index in [-0.39, 0.29) is 12.1 Å². The second kappa shape index (κ2) is 39.1. The van der Waals surface area contributed by atoms with Crippen molar-refractivity contribution < 1.29 is 9.53 Å². The SMILES string of the molecule is CCCCC/C=C\C/C=C\C/C=C\CCCCCC(CCCCC/C=C\C/C=C\C/C=C\CCCCC)OC(=O)CCCCNC. The van der Waals surface area contributed by atoms with Crippen LogP contribution in [0.2, 0.25) is 0 Å². The van der Waals surface area contributed by atoms with E-state index in [1.54, 1.807) is 0 Å². The van der Waals surface area contributed by atoms with Crippen LogP contribution in [0.4, 0.5) is 0 Å². The summed E-state index contributed by atoms with van der Waals surface area (Å²) in [6.45, 7) is 5.46. The Balaban J connectivity index is 4.14. The number of ether oxygens (including phenoxy) is 1. The van der Waals surface area contributed by atoms with Crippen LogP contribution in [0, 0.1) is 0 Å². The van der Waals surface area contributed by atoms with Crippen molar-refractivity contribution in [2.45, 2.75) is 180 Å². The molecule has 0 aromatic rings. The van der Waals surface area contributed by atoms with Gasteiger partial charge in [-0.1, -0.05) is 125 Å². The number of esters is 1. The van der Waals surface area contributed by atoms with Gasteiger partial charge in [0.1, 0.15) is 6.10 Å². The summed E-state index contributed by atoms with van der Waals surface area (Å²) in [6.07, 6.45) is 56.0. The molecule has 0 radical (unpaired) electrons. The molecule has 0 amide bonds. The van der Waals surface area contributed by atoms with Gasteiger partial charge in [-0.3, -0.25) is 4.79 Å². The Morgan fingerprint density at radius 2 is 0.891 bits per heavy atom. The highest BCUT2D eigenvalue weighted by molar-refractivity contribution is 5.69. The van der Waals surface area contributed by atoms with Crippen molar-refractivity contribution in [2.24, 2.45) is 0 Å². The van der Waals surface area contributed by atoms with Crippen LogP contribution >= 0.6 is 0 Å². The van der Waals surface area contributed by atoms with Crippen molar-refractivity contribution in [1.82, 2.24) is 5.32 Å². The summed E-state index contributed by atoms with van der Waals surface area (Å²) < 4.78 is 5.97. The van der Waals surface area contributed by atoms with Crippen LogP contribution in [0.15, 0.2) is 72.9 Å². The Hall–Kier alpha value is -2.13. The molecule has 1 N–H and O–H groups in total. The Kier molecular flexibility index (Phi) is 37.2. The minimum absolute atomic E-state index is 0.00736. The number of hydrogen-bond acceptors (Lipinski definition) is 3. The maximum absolute atomic E-state index is 12.5. The molecule has 3 heteroatoms. The van der Waals surface area contributed by atoms with Crippen molar-refractivity contribution in [2.75, 3.05) is 13.6 Å². The van der Waals surface area contributed by atoms with Gasteiger partial charge in [0.05, 0.1) is 0 Å². The van der Waals surface area contributed by atoms with Gasteiger partial charge in [0, 0.05) is 6.42 Å². The predicted molar refractivity (Wildman–Crippen MR) is 205 cm³/mol. The fraction of sp³-hybridized carbons (Fsp3) is 0.698. The highest BCUT2D eigenvalue weighted by Gasteiger charge is 2.14. The fourth-order valence-electron chi connectivity index (χ4n) is 5.28. The van der Waals surface area contributed by atoms with Gasteiger partial charge in [-0.05, 0) is 129 Å². The van der Waals surface area contributed by atoms with Crippen molar-refractivity contribution in [1.29, 1.82) is 0 Å². The molecular weight excluding hydrogens is 562 g/mol. The van der Waals surface area contributed by atoms with E-state index in [0.717, 1.165) is 83.6 Å². The molecule has 0 atom stereocenters. The summed E-state index contributed by atoms with van der Waals surface area (Å²) in [4.78, 5) is 12.5. The van der Waals surface area contributed by atoms with Crippen molar-refractivity contribution in [3.8, 4) is 0 Å². The summed E-state index contributed by atoms with van der Waals surface area (Å²) in [6, 6.07) is 0. The van der Waals surface area contributed by atoms with Gasteiger partial charge in [-0.15, -0.1) is 0 Å². The van der Waals surface area contributed by atoms with E-state index in [9.17, 15) is 4.79 Å². The molecule has 0 saturated heterocycles. The van der Waals surface area contributed by atoms with Crippen molar-refractivity contribution in [3.63, 3.8) is 0 Å². The first kappa shape index (κ1) is 43.9. The summed E-state index contributed by atoms with van der Waals surface area (Å²) >= 11 is 0. The molecule has 0 aliphatic rings. The third-order valence-electron chi connectivity index (χ3n) is 8.19. The molecule has 0 fully saturated rings. The van der Waals surface area contributed by atoms with Crippen molar-refractivity contribution >= 4 is 5.97 Å². The van der Waals surface area contributed by atoms with E-state index in [2.05, 4.69) is 92.1 Å². The second-order valence-corrected chi connectivity index (χ2v) is 12.7. The first-order chi connectivity index (χ1) is 22.7. The Morgan fingerprint density at radius 3 is 1.28 bits per heavy atom. The Bertz CT molecular complexity index is 750. The molecule has 0 rings (SSSR count). The van der Waals surface area contributed by atoms with E-state index < -0.39 is 0 Å². The molecule has 0 aliphatic heterocycles. The van der Waals surface area contributed by atoms with Crippen LogP contribution < -0.4 is 5.32 Å². The molecule has 46 heavy (non-hydrogen) atoms. The lowest BCUT2D eigenvalue weighted by Crippen LogP contribution is -2.18. The molecule has 3 nitrogen and oxygen atoms in total. The minimum Gasteiger partial charge on any atom is -0.462 e. The molecule has 264 valence electrons. The third-order valence-corrected chi connectivity index (χ3v) is 8.19. The van der Waals surface area contributed by atoms with Gasteiger partial charge in [-0.25, -0.2) is 0 Å². The standard InChI is InChI=1S/C43H75NO2/c1-4-6-8-10-12-14-16-18-20-22-24-26-28-30-32-34-38-42(46-43(45)40-36-37-41-44-3)39-35-33-31-29-27-25-23-21-19-17-15-13-11-9-7-5-2/h12-15,18-21,24-27,42,44H,4-11,16-17,22-23,28-41H2,1-3H3/b14-12-,15-13-,20-18-,21-19-,26-24-,27-25-. The van der Waals surface area contributed by atoms with E-state index >= 15 is 0 Å². The maximum atomic E-state index is 12.5. The fourth-order valence-corrected chi connectivity index (χ4v) is 5.28. The molecule has 0 aromatic heterocycles. The van der Waals surface area contributed by atoms with Crippen LogP contribution in [0.1, 0.15) is 174 Å². The number of carbonyl (C=O) groups excluding carboxylic acids is 1. The van der Waals surface area contributed by atoms with Gasteiger partial charge in [0.25, 0.3) is 0 Å². The normalized spacial score (nSPS) is 12.6. The largest absolute Gasteiger partial charge is 0.462 e. The van der Waals surface area contributed by atoms with Gasteiger partial charge in [0.2, 0.25) is 0 Å². The average molecular weight is 638 g/mol. The Morgan fingerprint density at radius 1 is 0.500 bits per heavy atom. The zero-order valence-electron chi connectivity index (χ0n) is 30.7. The summed E-state index contributed by atoms with van der Waals surface area (Å²) in [5.74, 6) is -0.00736. The third kappa shape index (κ3) is 36.3. The molecule has 0 unspecified atom stereocenters. The summed E-state index contributed by atoms with van der Waals surface area (Å²) in [5, 5.41) is 3.15. The maximum Gasteiger partial charge on any atom is 0.306 e. The molecule has 0 aromatic carbocycles. The number of rotatable bonds is 34. The van der Waals surface area contributed by atoms with E-state index in [4.69, 9.17) is 4.74 Å². The highest BCUT2D eigenvalue weighted by Crippen LogP contribution is 2.17. The number of unbranched alkanes of at least 4 members (excludes halogenated alkanes) is 13. The summed E-state index contributed by atoms with van der Waals surface area (Å²) in [5.41, 5.74) is 0. The topological polar surface area (TPSA) is 38.3 Å². The van der Waals surface area contributed by atoms with E-state index in [0.29, 0.717) is 6.42 Å². The number of nitrogens with one attached hydrogen (secondary N) is 1. The molecular formula is C43H75NO2. The van der Waals surface area contributed by atoms with Crippen LogP contribution in [0.25, 0.3) is 0 Å².